The van der Waals surface area contributed by atoms with Crippen LogP contribution in [0.3, 0.4) is 0 Å². The number of carbonyl (C=O) groups is 1. The molecule has 0 aliphatic carbocycles. The molecule has 122 valence electrons. The van der Waals surface area contributed by atoms with Crippen LogP contribution in [-0.4, -0.2) is 40.5 Å². The molecule has 23 heavy (non-hydrogen) atoms. The van der Waals surface area contributed by atoms with Crippen LogP contribution in [0.5, 0.6) is 0 Å². The van der Waals surface area contributed by atoms with Crippen LogP contribution < -0.4 is 10.6 Å². The molecule has 1 aromatic heterocycles. The van der Waals surface area contributed by atoms with Crippen LogP contribution in [0.4, 0.5) is 0 Å². The fourth-order valence-corrected chi connectivity index (χ4v) is 2.31. The number of nitrogens with zero attached hydrogens (tertiary/aromatic N) is 3. The summed E-state index contributed by atoms with van der Waals surface area (Å²) < 4.78 is 1.61. The number of nitrogens with one attached hydrogen (secondary N) is 2. The zero-order chi connectivity index (χ0) is 15.4. The first-order valence-corrected chi connectivity index (χ1v) is 7.38. The van der Waals surface area contributed by atoms with Crippen molar-refractivity contribution in [1.29, 1.82) is 0 Å². The van der Waals surface area contributed by atoms with Crippen molar-refractivity contribution < 1.29 is 4.79 Å². The topological polar surface area (TPSA) is 71.8 Å². The Bertz CT molecular complexity index is 693. The summed E-state index contributed by atoms with van der Waals surface area (Å²) in [5.74, 6) is -0.196. The van der Waals surface area contributed by atoms with Crippen molar-refractivity contribution in [2.45, 2.75) is 13.3 Å². The Morgan fingerprint density at radius 3 is 2.83 bits per heavy atom. The lowest BCUT2D eigenvalue weighted by Crippen LogP contribution is -2.29. The lowest BCUT2D eigenvalue weighted by Gasteiger charge is -2.13. The molecule has 0 atom stereocenters. The molecule has 1 amide bonds. The molecule has 0 radical (unpaired) electrons. The molecule has 0 bridgehead atoms. The van der Waals surface area contributed by atoms with Crippen LogP contribution in [0, 0.1) is 6.92 Å². The van der Waals surface area contributed by atoms with E-state index in [9.17, 15) is 4.79 Å². The Morgan fingerprint density at radius 2 is 2.13 bits per heavy atom. The summed E-state index contributed by atoms with van der Waals surface area (Å²) in [7, 11) is 0. The average Bonchev–Trinajstić information content (AvgIpc) is 3.04. The van der Waals surface area contributed by atoms with Crippen molar-refractivity contribution in [1.82, 2.24) is 25.6 Å². The molecule has 0 saturated heterocycles. The van der Waals surface area contributed by atoms with Crippen LogP contribution in [0.2, 0.25) is 0 Å². The van der Waals surface area contributed by atoms with Crippen molar-refractivity contribution in [3.05, 3.63) is 53.4 Å². The molecule has 0 saturated carbocycles. The monoisotopic (exact) mass is 333 g/mol. The Balaban J connectivity index is 0.00000192. The van der Waals surface area contributed by atoms with Crippen LogP contribution in [-0.2, 0) is 0 Å². The van der Waals surface area contributed by atoms with E-state index in [0.717, 1.165) is 25.2 Å². The van der Waals surface area contributed by atoms with Gasteiger partial charge in [-0.1, -0.05) is 34.6 Å². The molecule has 3 rings (SSSR count). The molecular formula is C16H20ClN5O. The lowest BCUT2D eigenvalue weighted by atomic mass is 10.1. The zero-order valence-corrected chi connectivity index (χ0v) is 13.8. The number of halogens is 1. The molecule has 6 nitrogen and oxygen atoms in total. The number of rotatable bonds is 4. The fourth-order valence-electron chi connectivity index (χ4n) is 2.31. The molecular weight excluding hydrogens is 314 g/mol. The van der Waals surface area contributed by atoms with E-state index in [4.69, 9.17) is 0 Å². The van der Waals surface area contributed by atoms with Gasteiger partial charge in [0.1, 0.15) is 0 Å². The second kappa shape index (κ2) is 7.89. The molecule has 1 aromatic carbocycles. The Labute approximate surface area is 141 Å². The standard InChI is InChI=1S/C16H19N5O.ClH/c1-12-2-4-14(5-3-12)21-11-15(19-20-21)16(22)18-10-13-6-8-17-9-7-13;/h2-6,11,17H,7-10H2,1H3,(H,18,22);1H. The number of benzene rings is 1. The van der Waals surface area contributed by atoms with Crippen LogP contribution in [0.15, 0.2) is 42.1 Å². The SMILES string of the molecule is Cc1ccc(-n2cc(C(=O)NCC3=CCNCC3)nn2)cc1.Cl. The van der Waals surface area contributed by atoms with Crippen LogP contribution >= 0.6 is 12.4 Å². The van der Waals surface area contributed by atoms with Crippen molar-refractivity contribution in [3.8, 4) is 5.69 Å². The first kappa shape index (κ1) is 17.2. The second-order valence-corrected chi connectivity index (χ2v) is 5.38. The largest absolute Gasteiger partial charge is 0.347 e. The molecule has 1 aliphatic rings. The van der Waals surface area contributed by atoms with E-state index >= 15 is 0 Å². The number of aryl methyl sites for hydroxylation is 1. The van der Waals surface area contributed by atoms with Gasteiger partial charge in [-0.2, -0.15) is 0 Å². The van der Waals surface area contributed by atoms with E-state index < -0.39 is 0 Å². The minimum absolute atomic E-state index is 0. The summed E-state index contributed by atoms with van der Waals surface area (Å²) >= 11 is 0. The van der Waals surface area contributed by atoms with Gasteiger partial charge in [0.2, 0.25) is 0 Å². The molecule has 7 heteroatoms. The summed E-state index contributed by atoms with van der Waals surface area (Å²) in [5.41, 5.74) is 3.64. The minimum Gasteiger partial charge on any atom is -0.347 e. The van der Waals surface area contributed by atoms with Gasteiger partial charge in [-0.05, 0) is 32.0 Å². The van der Waals surface area contributed by atoms with E-state index in [1.807, 2.05) is 31.2 Å². The van der Waals surface area contributed by atoms with E-state index in [0.29, 0.717) is 12.2 Å². The summed E-state index contributed by atoms with van der Waals surface area (Å²) in [6, 6.07) is 7.90. The highest BCUT2D eigenvalue weighted by atomic mass is 35.5. The average molecular weight is 334 g/mol. The third-order valence-corrected chi connectivity index (χ3v) is 3.66. The third-order valence-electron chi connectivity index (χ3n) is 3.66. The minimum atomic E-state index is -0.196. The molecule has 2 aromatic rings. The van der Waals surface area contributed by atoms with Crippen molar-refractivity contribution in [2.75, 3.05) is 19.6 Å². The van der Waals surface area contributed by atoms with Gasteiger partial charge in [0.15, 0.2) is 5.69 Å². The lowest BCUT2D eigenvalue weighted by molar-refractivity contribution is 0.0951. The Hall–Kier alpha value is -2.18. The third kappa shape index (κ3) is 4.40. The highest BCUT2D eigenvalue weighted by Crippen LogP contribution is 2.08. The Morgan fingerprint density at radius 1 is 1.35 bits per heavy atom. The fraction of sp³-hybridized carbons (Fsp3) is 0.312. The molecule has 2 N–H and O–H groups in total. The van der Waals surface area contributed by atoms with Crippen molar-refractivity contribution in [3.63, 3.8) is 0 Å². The first-order chi connectivity index (χ1) is 10.7. The maximum Gasteiger partial charge on any atom is 0.273 e. The normalized spacial score (nSPS) is 13.9. The number of amides is 1. The second-order valence-electron chi connectivity index (χ2n) is 5.38. The van der Waals surface area contributed by atoms with Gasteiger partial charge < -0.3 is 10.6 Å². The predicted octanol–water partition coefficient (Wildman–Crippen LogP) is 1.65. The summed E-state index contributed by atoms with van der Waals surface area (Å²) in [4.78, 5) is 12.1. The molecule has 1 aliphatic heterocycles. The first-order valence-electron chi connectivity index (χ1n) is 7.38. The number of hydrogen-bond donors (Lipinski definition) is 2. The number of aromatic nitrogens is 3. The highest BCUT2D eigenvalue weighted by Gasteiger charge is 2.12. The maximum atomic E-state index is 12.1. The summed E-state index contributed by atoms with van der Waals surface area (Å²) in [6.45, 7) is 4.43. The Kier molecular flexibility index (Phi) is 5.90. The highest BCUT2D eigenvalue weighted by molar-refractivity contribution is 5.92. The smallest absolute Gasteiger partial charge is 0.273 e. The van der Waals surface area contributed by atoms with Gasteiger partial charge in [-0.25, -0.2) is 4.68 Å². The van der Waals surface area contributed by atoms with E-state index in [1.54, 1.807) is 10.9 Å². The van der Waals surface area contributed by atoms with Crippen molar-refractivity contribution in [2.24, 2.45) is 0 Å². The van der Waals surface area contributed by atoms with Crippen molar-refractivity contribution >= 4 is 18.3 Å². The van der Waals surface area contributed by atoms with E-state index in [2.05, 4.69) is 27.0 Å². The molecule has 0 unspecified atom stereocenters. The zero-order valence-electron chi connectivity index (χ0n) is 13.0. The predicted molar refractivity (Wildman–Crippen MR) is 91.2 cm³/mol. The van der Waals surface area contributed by atoms with E-state index in [-0.39, 0.29) is 18.3 Å². The quantitative estimate of drug-likeness (QED) is 0.835. The summed E-state index contributed by atoms with van der Waals surface area (Å²) in [5, 5.41) is 14.1. The van der Waals surface area contributed by atoms with Crippen LogP contribution in [0.1, 0.15) is 22.5 Å². The van der Waals surface area contributed by atoms with Crippen LogP contribution in [0.25, 0.3) is 5.69 Å². The van der Waals surface area contributed by atoms with Gasteiger partial charge in [0.05, 0.1) is 11.9 Å². The van der Waals surface area contributed by atoms with Gasteiger partial charge in [-0.3, -0.25) is 4.79 Å². The number of hydrogen-bond acceptors (Lipinski definition) is 4. The summed E-state index contributed by atoms with van der Waals surface area (Å²) in [6.07, 6.45) is 4.74. The maximum absolute atomic E-state index is 12.1. The van der Waals surface area contributed by atoms with Gasteiger partial charge in [0.25, 0.3) is 5.91 Å². The van der Waals surface area contributed by atoms with Gasteiger partial charge in [0, 0.05) is 13.1 Å². The molecule has 0 spiro atoms. The van der Waals surface area contributed by atoms with Gasteiger partial charge >= 0.3 is 0 Å². The van der Waals surface area contributed by atoms with E-state index in [1.165, 1.54) is 11.1 Å². The molecule has 0 fully saturated rings. The molecule has 2 heterocycles. The van der Waals surface area contributed by atoms with Gasteiger partial charge in [-0.15, -0.1) is 17.5 Å². The number of carbonyl (C=O) groups excluding carboxylic acids is 1.